The van der Waals surface area contributed by atoms with Crippen molar-refractivity contribution in [2.75, 3.05) is 11.4 Å². The Morgan fingerprint density at radius 3 is 2.51 bits per heavy atom. The molecule has 10 heteroatoms. The molecule has 1 spiro atoms. The summed E-state index contributed by atoms with van der Waals surface area (Å²) in [5.41, 5.74) is 3.19. The molecule has 1 amide bonds. The largest absolute Gasteiger partial charge is 0.337 e. The summed E-state index contributed by atoms with van der Waals surface area (Å²) >= 11 is 0. The van der Waals surface area contributed by atoms with Gasteiger partial charge in [-0.1, -0.05) is 67.7 Å². The number of alkyl halides is 1. The molecule has 1 aromatic heterocycles. The Bertz CT molecular complexity index is 1570. The van der Waals surface area contributed by atoms with Gasteiger partial charge in [-0.3, -0.25) is 19.1 Å². The van der Waals surface area contributed by atoms with E-state index in [4.69, 9.17) is 9.52 Å². The van der Waals surface area contributed by atoms with Crippen molar-refractivity contribution in [2.45, 2.75) is 89.1 Å². The smallest absolute Gasteiger partial charge is 0.264 e. The molecule has 3 aromatic rings. The minimum Gasteiger partial charge on any atom is -0.337 e. The minimum atomic E-state index is -4.04. The number of anilines is 1. The Labute approximate surface area is 241 Å². The monoisotopic (exact) mass is 580 g/mol. The molecule has 0 unspecified atom stereocenters. The number of benzene rings is 2. The highest BCUT2D eigenvalue weighted by molar-refractivity contribution is 7.92. The highest BCUT2D eigenvalue weighted by Crippen LogP contribution is 2.40. The molecule has 1 N–H and O–H groups in total. The number of hydrogen-bond donors (Lipinski definition) is 1. The lowest BCUT2D eigenvalue weighted by molar-refractivity contribution is -0.131. The van der Waals surface area contributed by atoms with Crippen LogP contribution in [0.15, 0.2) is 56.9 Å². The third-order valence-electron chi connectivity index (χ3n) is 8.21. The van der Waals surface area contributed by atoms with Crippen LogP contribution in [0.25, 0.3) is 11.1 Å². The van der Waals surface area contributed by atoms with Crippen LogP contribution in [0.1, 0.15) is 74.3 Å². The van der Waals surface area contributed by atoms with Crippen LogP contribution in [-0.2, 0) is 27.8 Å². The van der Waals surface area contributed by atoms with Crippen LogP contribution in [0, 0.1) is 13.8 Å². The number of aliphatic imine (C=N–C) groups is 1. The fourth-order valence-electron chi connectivity index (χ4n) is 5.81. The van der Waals surface area contributed by atoms with Crippen molar-refractivity contribution < 1.29 is 22.1 Å². The molecule has 0 radical (unpaired) electrons. The number of amidine groups is 1. The SMILES string of the molecule is CCCCC1=NC2(CCCC2)C(=O)N1Cc1ccc(-c2ccccc2S(=O)(=O)Nc2onc(C)c2C)c(CCF)c1. The number of aryl methyl sites for hydroxylation is 2. The van der Waals surface area contributed by atoms with Crippen molar-refractivity contribution >= 4 is 27.7 Å². The van der Waals surface area contributed by atoms with Crippen LogP contribution in [0.5, 0.6) is 0 Å². The first-order valence-corrected chi connectivity index (χ1v) is 15.8. The second-order valence-corrected chi connectivity index (χ2v) is 12.7. The quantitative estimate of drug-likeness (QED) is 0.278. The van der Waals surface area contributed by atoms with Gasteiger partial charge in [-0.15, -0.1) is 0 Å². The maximum absolute atomic E-state index is 13.8. The summed E-state index contributed by atoms with van der Waals surface area (Å²) in [5, 5.41) is 3.84. The summed E-state index contributed by atoms with van der Waals surface area (Å²) in [6.07, 6.45) is 6.42. The van der Waals surface area contributed by atoms with E-state index >= 15 is 0 Å². The second kappa shape index (κ2) is 11.8. The molecule has 0 bridgehead atoms. The summed E-state index contributed by atoms with van der Waals surface area (Å²) in [5.74, 6) is 0.973. The number of nitrogens with zero attached hydrogens (tertiary/aromatic N) is 3. The zero-order valence-corrected chi connectivity index (χ0v) is 24.7. The van der Waals surface area contributed by atoms with Gasteiger partial charge in [0.25, 0.3) is 15.9 Å². The van der Waals surface area contributed by atoms with Crippen molar-refractivity contribution in [1.82, 2.24) is 10.1 Å². The van der Waals surface area contributed by atoms with Gasteiger partial charge in [0, 0.05) is 24.0 Å². The van der Waals surface area contributed by atoms with Crippen LogP contribution in [0.2, 0.25) is 0 Å². The van der Waals surface area contributed by atoms with Crippen molar-refractivity contribution in [3.8, 4) is 11.1 Å². The maximum atomic E-state index is 13.8. The molecule has 218 valence electrons. The molecule has 0 atom stereocenters. The summed E-state index contributed by atoms with van der Waals surface area (Å²) < 4.78 is 48.5. The van der Waals surface area contributed by atoms with Crippen molar-refractivity contribution in [1.29, 1.82) is 0 Å². The first-order valence-electron chi connectivity index (χ1n) is 14.3. The standard InChI is InChI=1S/C31H37FN4O4S/c1-4-5-12-28-33-31(16-8-9-17-31)30(37)36(28)20-23-13-14-25(24(19-23)15-18-32)26-10-6-7-11-27(26)41(38,39)35-29-21(2)22(3)34-40-29/h6-7,10-11,13-14,19,35H,4-5,8-9,12,15-18,20H2,1-3H3. The number of nitrogens with one attached hydrogen (secondary N) is 1. The van der Waals surface area contributed by atoms with E-state index in [-0.39, 0.29) is 23.1 Å². The van der Waals surface area contributed by atoms with Crippen LogP contribution < -0.4 is 4.72 Å². The molecule has 1 aliphatic heterocycles. The van der Waals surface area contributed by atoms with Crippen LogP contribution >= 0.6 is 0 Å². The number of unbranched alkanes of at least 4 members (excludes halogenated alkanes) is 1. The zero-order chi connectivity index (χ0) is 29.2. The number of aromatic nitrogens is 1. The fourth-order valence-corrected chi connectivity index (χ4v) is 7.08. The number of amides is 1. The van der Waals surface area contributed by atoms with E-state index in [0.717, 1.165) is 56.3 Å². The predicted molar refractivity (Wildman–Crippen MR) is 157 cm³/mol. The van der Waals surface area contributed by atoms with E-state index < -0.39 is 22.2 Å². The summed E-state index contributed by atoms with van der Waals surface area (Å²) in [7, 11) is -4.04. The fraction of sp³-hybridized carbons (Fsp3) is 0.452. The van der Waals surface area contributed by atoms with E-state index in [1.807, 2.05) is 23.1 Å². The molecule has 1 saturated carbocycles. The minimum absolute atomic E-state index is 0.0493. The highest BCUT2D eigenvalue weighted by atomic mass is 32.2. The number of rotatable bonds is 11. The van der Waals surface area contributed by atoms with Crippen molar-refractivity contribution in [2.24, 2.45) is 4.99 Å². The lowest BCUT2D eigenvalue weighted by Gasteiger charge is -2.23. The molecule has 0 saturated heterocycles. The average molecular weight is 581 g/mol. The van der Waals surface area contributed by atoms with E-state index in [0.29, 0.717) is 34.5 Å². The number of carbonyl (C=O) groups excluding carboxylic acids is 1. The van der Waals surface area contributed by atoms with Gasteiger partial charge in [0.1, 0.15) is 11.4 Å². The Morgan fingerprint density at radius 1 is 1.07 bits per heavy atom. The number of sulfonamides is 1. The molecule has 1 aliphatic carbocycles. The average Bonchev–Trinajstić information content (AvgIpc) is 3.63. The summed E-state index contributed by atoms with van der Waals surface area (Å²) in [4.78, 5) is 20.4. The maximum Gasteiger partial charge on any atom is 0.264 e. The summed E-state index contributed by atoms with van der Waals surface area (Å²) in [6.45, 7) is 5.34. The summed E-state index contributed by atoms with van der Waals surface area (Å²) in [6, 6.07) is 12.2. The molecule has 2 heterocycles. The van der Waals surface area contributed by atoms with Gasteiger partial charge >= 0.3 is 0 Å². The van der Waals surface area contributed by atoms with Crippen molar-refractivity contribution in [3.63, 3.8) is 0 Å². The molecule has 8 nitrogen and oxygen atoms in total. The van der Waals surface area contributed by atoms with Crippen LogP contribution in [-0.4, -0.2) is 42.4 Å². The second-order valence-electron chi connectivity index (χ2n) is 11.0. The predicted octanol–water partition coefficient (Wildman–Crippen LogP) is 6.51. The van der Waals surface area contributed by atoms with Crippen LogP contribution in [0.4, 0.5) is 10.3 Å². The van der Waals surface area contributed by atoms with Gasteiger partial charge in [0.2, 0.25) is 5.88 Å². The van der Waals surface area contributed by atoms with Crippen molar-refractivity contribution in [3.05, 3.63) is 64.8 Å². The van der Waals surface area contributed by atoms with Gasteiger partial charge in [0.15, 0.2) is 0 Å². The zero-order valence-electron chi connectivity index (χ0n) is 23.9. The number of hydrogen-bond acceptors (Lipinski definition) is 6. The normalized spacial score (nSPS) is 16.5. The third kappa shape index (κ3) is 5.66. The highest BCUT2D eigenvalue weighted by Gasteiger charge is 2.49. The van der Waals surface area contributed by atoms with Crippen LogP contribution in [0.3, 0.4) is 0 Å². The van der Waals surface area contributed by atoms with Gasteiger partial charge < -0.3 is 4.52 Å². The Morgan fingerprint density at radius 2 is 1.83 bits per heavy atom. The third-order valence-corrected chi connectivity index (χ3v) is 9.60. The first kappa shape index (κ1) is 29.0. The topological polar surface area (TPSA) is 105 Å². The van der Waals surface area contributed by atoms with E-state index in [2.05, 4.69) is 16.8 Å². The Hall–Kier alpha value is -3.53. The van der Waals surface area contributed by atoms with Gasteiger partial charge in [-0.05, 0) is 55.9 Å². The van der Waals surface area contributed by atoms with E-state index in [1.54, 1.807) is 32.0 Å². The Kier molecular flexibility index (Phi) is 8.31. The van der Waals surface area contributed by atoms with Gasteiger partial charge in [0.05, 0.1) is 23.8 Å². The first-order chi connectivity index (χ1) is 19.7. The van der Waals surface area contributed by atoms with Gasteiger partial charge in [-0.25, -0.2) is 13.1 Å². The molecule has 5 rings (SSSR count). The molecule has 2 aliphatic rings. The number of halogens is 1. The number of carbonyl (C=O) groups is 1. The molecule has 1 fully saturated rings. The molecule has 41 heavy (non-hydrogen) atoms. The van der Waals surface area contributed by atoms with E-state index in [1.165, 1.54) is 6.07 Å². The Balaban J connectivity index is 1.47. The lowest BCUT2D eigenvalue weighted by atomic mass is 9.95. The molecular formula is C31H37FN4O4S. The molecule has 2 aromatic carbocycles. The lowest BCUT2D eigenvalue weighted by Crippen LogP contribution is -2.40. The molecular weight excluding hydrogens is 543 g/mol. The van der Waals surface area contributed by atoms with Gasteiger partial charge in [-0.2, -0.15) is 0 Å². The van der Waals surface area contributed by atoms with E-state index in [9.17, 15) is 17.6 Å².